The van der Waals surface area contributed by atoms with Crippen LogP contribution in [0.4, 0.5) is 0 Å². The highest BCUT2D eigenvalue weighted by molar-refractivity contribution is 9.10. The van der Waals surface area contributed by atoms with Crippen LogP contribution in [0.2, 0.25) is 0 Å². The Hall–Kier alpha value is -1.23. The molecule has 4 nitrogen and oxygen atoms in total. The van der Waals surface area contributed by atoms with Crippen molar-refractivity contribution in [3.05, 3.63) is 29.2 Å². The lowest BCUT2D eigenvalue weighted by Crippen LogP contribution is -1.93. The smallest absolute Gasteiger partial charge is 0.220 e. The lowest BCUT2D eigenvalue weighted by atomic mass is 10.6. The average Bonchev–Trinajstić information content (AvgIpc) is 2.72. The number of aromatic nitrogens is 2. The molecule has 0 atom stereocenters. The van der Waals surface area contributed by atoms with Gasteiger partial charge in [0.1, 0.15) is 0 Å². The molecule has 0 fully saturated rings. The third-order valence-corrected chi connectivity index (χ3v) is 2.34. The maximum absolute atomic E-state index is 5.17. The second kappa shape index (κ2) is 3.26. The van der Waals surface area contributed by atoms with Crippen molar-refractivity contribution in [1.82, 2.24) is 9.78 Å². The fourth-order valence-corrected chi connectivity index (χ4v) is 1.53. The van der Waals surface area contributed by atoms with Crippen molar-refractivity contribution >= 4 is 15.9 Å². The van der Waals surface area contributed by atoms with E-state index >= 15 is 0 Å². The van der Waals surface area contributed by atoms with Crippen LogP contribution in [0.5, 0.6) is 5.75 Å². The van der Waals surface area contributed by atoms with Crippen LogP contribution in [0.3, 0.4) is 0 Å². The van der Waals surface area contributed by atoms with Gasteiger partial charge >= 0.3 is 0 Å². The summed E-state index contributed by atoms with van der Waals surface area (Å²) in [6.45, 7) is 0. The fourth-order valence-electron chi connectivity index (χ4n) is 0.999. The SMILES string of the molecule is COc1cnn(-c2ccco2)c1Br. The van der Waals surface area contributed by atoms with Crippen LogP contribution < -0.4 is 4.74 Å². The molecule has 5 heteroatoms. The van der Waals surface area contributed by atoms with Crippen LogP contribution in [-0.4, -0.2) is 16.9 Å². The summed E-state index contributed by atoms with van der Waals surface area (Å²) >= 11 is 3.35. The molecule has 0 aliphatic heterocycles. The Labute approximate surface area is 83.2 Å². The standard InChI is InChI=1S/C8H7BrN2O2/c1-12-6-5-10-11(8(6)9)7-3-2-4-13-7/h2-5H,1H3. The van der Waals surface area contributed by atoms with Gasteiger partial charge in [0.05, 0.1) is 19.6 Å². The normalized spacial score (nSPS) is 10.3. The van der Waals surface area contributed by atoms with Crippen molar-refractivity contribution in [2.45, 2.75) is 0 Å². The van der Waals surface area contributed by atoms with E-state index < -0.39 is 0 Å². The van der Waals surface area contributed by atoms with Gasteiger partial charge in [-0.25, -0.2) is 0 Å². The molecule has 13 heavy (non-hydrogen) atoms. The molecule has 0 aliphatic carbocycles. The highest BCUT2D eigenvalue weighted by Gasteiger charge is 2.10. The van der Waals surface area contributed by atoms with E-state index in [1.54, 1.807) is 30.3 Å². The molecule has 0 radical (unpaired) electrons. The first-order chi connectivity index (χ1) is 6.33. The first kappa shape index (κ1) is 8.37. The zero-order valence-electron chi connectivity index (χ0n) is 6.90. The van der Waals surface area contributed by atoms with Gasteiger partial charge in [0, 0.05) is 6.07 Å². The van der Waals surface area contributed by atoms with E-state index in [1.165, 1.54) is 0 Å². The number of ether oxygens (including phenoxy) is 1. The van der Waals surface area contributed by atoms with E-state index in [1.807, 2.05) is 6.07 Å². The molecule has 2 aromatic rings. The number of rotatable bonds is 2. The van der Waals surface area contributed by atoms with Gasteiger partial charge in [0.15, 0.2) is 10.4 Å². The number of hydrogen-bond donors (Lipinski definition) is 0. The summed E-state index contributed by atoms with van der Waals surface area (Å²) in [7, 11) is 1.59. The Morgan fingerprint density at radius 3 is 3.00 bits per heavy atom. The highest BCUT2D eigenvalue weighted by Crippen LogP contribution is 2.26. The van der Waals surface area contributed by atoms with Crippen molar-refractivity contribution in [3.8, 4) is 11.6 Å². The van der Waals surface area contributed by atoms with Gasteiger partial charge in [0.25, 0.3) is 0 Å². The predicted octanol–water partition coefficient (Wildman–Crippen LogP) is 2.24. The Morgan fingerprint density at radius 2 is 2.46 bits per heavy atom. The molecule has 2 heterocycles. The molecule has 0 unspecified atom stereocenters. The lowest BCUT2D eigenvalue weighted by Gasteiger charge is -1.98. The van der Waals surface area contributed by atoms with Crippen LogP contribution in [0.1, 0.15) is 0 Å². The van der Waals surface area contributed by atoms with Gasteiger partial charge in [-0.2, -0.15) is 9.78 Å². The molecule has 2 aromatic heterocycles. The second-order valence-electron chi connectivity index (χ2n) is 2.37. The molecule has 0 spiro atoms. The van der Waals surface area contributed by atoms with Gasteiger partial charge in [0.2, 0.25) is 5.88 Å². The summed E-state index contributed by atoms with van der Waals surface area (Å²) in [4.78, 5) is 0. The average molecular weight is 243 g/mol. The Morgan fingerprint density at radius 1 is 1.62 bits per heavy atom. The van der Waals surface area contributed by atoms with E-state index in [4.69, 9.17) is 9.15 Å². The minimum atomic E-state index is 0.648. The molecule has 0 saturated carbocycles. The minimum absolute atomic E-state index is 0.648. The summed E-state index contributed by atoms with van der Waals surface area (Å²) < 4.78 is 12.6. The molecular weight excluding hydrogens is 236 g/mol. The number of methoxy groups -OCH3 is 1. The molecule has 0 aliphatic rings. The van der Waals surface area contributed by atoms with E-state index in [0.717, 1.165) is 4.60 Å². The Balaban J connectivity index is 2.48. The Bertz CT molecular complexity index is 394. The molecule has 0 bridgehead atoms. The topological polar surface area (TPSA) is 40.2 Å². The van der Waals surface area contributed by atoms with Crippen LogP contribution in [0.25, 0.3) is 5.88 Å². The molecule has 2 rings (SSSR count). The molecule has 0 N–H and O–H groups in total. The first-order valence-corrected chi connectivity index (χ1v) is 4.43. The third kappa shape index (κ3) is 1.35. The molecule has 68 valence electrons. The summed E-state index contributed by atoms with van der Waals surface area (Å²) in [5.41, 5.74) is 0. The Kier molecular flexibility index (Phi) is 2.10. The zero-order valence-corrected chi connectivity index (χ0v) is 8.48. The van der Waals surface area contributed by atoms with Crippen LogP contribution in [0.15, 0.2) is 33.6 Å². The number of halogens is 1. The third-order valence-electron chi connectivity index (χ3n) is 1.61. The van der Waals surface area contributed by atoms with Gasteiger partial charge in [-0.05, 0) is 22.0 Å². The maximum Gasteiger partial charge on any atom is 0.220 e. The molecular formula is C8H7BrN2O2. The molecule has 0 saturated heterocycles. The largest absolute Gasteiger partial charge is 0.492 e. The number of furan rings is 1. The monoisotopic (exact) mass is 242 g/mol. The van der Waals surface area contributed by atoms with Gasteiger partial charge < -0.3 is 9.15 Å². The maximum atomic E-state index is 5.17. The van der Waals surface area contributed by atoms with Crippen LogP contribution in [-0.2, 0) is 0 Å². The highest BCUT2D eigenvalue weighted by atomic mass is 79.9. The van der Waals surface area contributed by atoms with E-state index in [2.05, 4.69) is 21.0 Å². The number of hydrogen-bond acceptors (Lipinski definition) is 3. The van der Waals surface area contributed by atoms with E-state index in [0.29, 0.717) is 11.6 Å². The second-order valence-corrected chi connectivity index (χ2v) is 3.12. The predicted molar refractivity (Wildman–Crippen MR) is 50.1 cm³/mol. The lowest BCUT2D eigenvalue weighted by molar-refractivity contribution is 0.411. The molecule has 0 amide bonds. The quantitative estimate of drug-likeness (QED) is 0.811. The first-order valence-electron chi connectivity index (χ1n) is 3.64. The van der Waals surface area contributed by atoms with Gasteiger partial charge in [-0.1, -0.05) is 0 Å². The van der Waals surface area contributed by atoms with Crippen molar-refractivity contribution in [2.75, 3.05) is 7.11 Å². The molecule has 0 aromatic carbocycles. The van der Waals surface area contributed by atoms with Crippen molar-refractivity contribution in [2.24, 2.45) is 0 Å². The van der Waals surface area contributed by atoms with Crippen LogP contribution in [0, 0.1) is 0 Å². The van der Waals surface area contributed by atoms with Gasteiger partial charge in [-0.15, -0.1) is 0 Å². The summed E-state index contributed by atoms with van der Waals surface area (Å²) in [5, 5.41) is 4.08. The van der Waals surface area contributed by atoms with Gasteiger partial charge in [-0.3, -0.25) is 0 Å². The summed E-state index contributed by atoms with van der Waals surface area (Å²) in [5.74, 6) is 1.33. The minimum Gasteiger partial charge on any atom is -0.492 e. The van der Waals surface area contributed by atoms with Crippen molar-refractivity contribution in [3.63, 3.8) is 0 Å². The van der Waals surface area contributed by atoms with Crippen molar-refractivity contribution in [1.29, 1.82) is 0 Å². The number of nitrogens with zero attached hydrogens (tertiary/aromatic N) is 2. The van der Waals surface area contributed by atoms with E-state index in [-0.39, 0.29) is 0 Å². The van der Waals surface area contributed by atoms with E-state index in [9.17, 15) is 0 Å². The van der Waals surface area contributed by atoms with Crippen molar-refractivity contribution < 1.29 is 9.15 Å². The fraction of sp³-hybridized carbons (Fsp3) is 0.125. The van der Waals surface area contributed by atoms with Crippen LogP contribution >= 0.6 is 15.9 Å². The zero-order chi connectivity index (χ0) is 9.26. The summed E-state index contributed by atoms with van der Waals surface area (Å²) in [6.07, 6.45) is 3.21. The summed E-state index contributed by atoms with van der Waals surface area (Å²) in [6, 6.07) is 3.62.